The fourth-order valence-electron chi connectivity index (χ4n) is 2.97. The van der Waals surface area contributed by atoms with Crippen molar-refractivity contribution in [3.63, 3.8) is 0 Å². The SMILES string of the molecule is CCNC(=NCCCCN1CCOCC1)N(C)Cc1cc(Cl)cn1C. The van der Waals surface area contributed by atoms with Crippen molar-refractivity contribution in [3.8, 4) is 0 Å². The van der Waals surface area contributed by atoms with E-state index in [1.807, 2.05) is 19.3 Å². The Balaban J connectivity index is 1.77. The van der Waals surface area contributed by atoms with E-state index in [9.17, 15) is 0 Å². The van der Waals surface area contributed by atoms with Crippen LogP contribution in [0.4, 0.5) is 0 Å². The van der Waals surface area contributed by atoms with E-state index in [0.717, 1.165) is 69.9 Å². The first kappa shape index (κ1) is 20.1. The molecule has 0 atom stereocenters. The molecule has 1 aliphatic rings. The van der Waals surface area contributed by atoms with Crippen LogP contribution in [0, 0.1) is 0 Å². The van der Waals surface area contributed by atoms with E-state index in [1.165, 1.54) is 12.1 Å². The van der Waals surface area contributed by atoms with Gasteiger partial charge in [0, 0.05) is 52.2 Å². The smallest absolute Gasteiger partial charge is 0.194 e. The summed E-state index contributed by atoms with van der Waals surface area (Å²) in [6.45, 7) is 9.61. The molecule has 2 heterocycles. The lowest BCUT2D eigenvalue weighted by molar-refractivity contribution is 0.0373. The summed E-state index contributed by atoms with van der Waals surface area (Å²) in [6, 6.07) is 2.00. The van der Waals surface area contributed by atoms with Gasteiger partial charge in [0.2, 0.25) is 0 Å². The largest absolute Gasteiger partial charge is 0.379 e. The van der Waals surface area contributed by atoms with Crippen molar-refractivity contribution >= 4 is 17.6 Å². The summed E-state index contributed by atoms with van der Waals surface area (Å²) in [6.07, 6.45) is 4.22. The number of hydrogen-bond acceptors (Lipinski definition) is 3. The van der Waals surface area contributed by atoms with Gasteiger partial charge >= 0.3 is 0 Å². The number of nitrogens with one attached hydrogen (secondary N) is 1. The van der Waals surface area contributed by atoms with Crippen LogP contribution in [-0.4, -0.2) is 73.3 Å². The molecule has 142 valence electrons. The average Bonchev–Trinajstić information content (AvgIpc) is 2.91. The summed E-state index contributed by atoms with van der Waals surface area (Å²) in [4.78, 5) is 9.40. The minimum absolute atomic E-state index is 0.774. The second-order valence-electron chi connectivity index (χ2n) is 6.51. The van der Waals surface area contributed by atoms with Gasteiger partial charge in [-0.25, -0.2) is 0 Å². The monoisotopic (exact) mass is 369 g/mol. The zero-order valence-corrected chi connectivity index (χ0v) is 16.6. The van der Waals surface area contributed by atoms with Gasteiger partial charge < -0.3 is 19.5 Å². The average molecular weight is 370 g/mol. The van der Waals surface area contributed by atoms with Crippen molar-refractivity contribution in [3.05, 3.63) is 23.0 Å². The number of halogens is 1. The molecule has 1 aromatic rings. The molecule has 0 aliphatic carbocycles. The third-order valence-electron chi connectivity index (χ3n) is 4.42. The van der Waals surface area contributed by atoms with Crippen molar-refractivity contribution < 1.29 is 4.74 Å². The summed E-state index contributed by atoms with van der Waals surface area (Å²) in [7, 11) is 4.08. The Hall–Kier alpha value is -1.24. The Labute approximate surface area is 156 Å². The molecule has 7 heteroatoms. The maximum Gasteiger partial charge on any atom is 0.194 e. The molecule has 0 bridgehead atoms. The van der Waals surface area contributed by atoms with Gasteiger partial charge in [-0.1, -0.05) is 11.6 Å². The van der Waals surface area contributed by atoms with Crippen LogP contribution in [-0.2, 0) is 18.3 Å². The number of guanidine groups is 1. The number of aromatic nitrogens is 1. The Morgan fingerprint density at radius 2 is 2.12 bits per heavy atom. The van der Waals surface area contributed by atoms with E-state index < -0.39 is 0 Å². The number of aryl methyl sites for hydroxylation is 1. The van der Waals surface area contributed by atoms with Crippen LogP contribution in [0.15, 0.2) is 17.3 Å². The lowest BCUT2D eigenvalue weighted by atomic mass is 10.3. The predicted octanol–water partition coefficient (Wildman–Crippen LogP) is 2.19. The third-order valence-corrected chi connectivity index (χ3v) is 4.62. The van der Waals surface area contributed by atoms with Gasteiger partial charge in [-0.3, -0.25) is 9.89 Å². The first-order valence-electron chi connectivity index (χ1n) is 9.20. The lowest BCUT2D eigenvalue weighted by Crippen LogP contribution is -2.39. The summed E-state index contributed by atoms with van der Waals surface area (Å²) in [5.41, 5.74) is 1.17. The Morgan fingerprint density at radius 3 is 2.76 bits per heavy atom. The highest BCUT2D eigenvalue weighted by Gasteiger charge is 2.11. The van der Waals surface area contributed by atoms with Gasteiger partial charge in [0.1, 0.15) is 0 Å². The van der Waals surface area contributed by atoms with Gasteiger partial charge in [0.15, 0.2) is 5.96 Å². The van der Waals surface area contributed by atoms with Crippen LogP contribution in [0.5, 0.6) is 0 Å². The van der Waals surface area contributed by atoms with Crippen LogP contribution in [0.2, 0.25) is 5.02 Å². The first-order valence-corrected chi connectivity index (χ1v) is 9.58. The number of morpholine rings is 1. The molecular weight excluding hydrogens is 338 g/mol. The number of unbranched alkanes of at least 4 members (excludes halogenated alkanes) is 1. The van der Waals surface area contributed by atoms with Crippen molar-refractivity contribution in [1.29, 1.82) is 0 Å². The van der Waals surface area contributed by atoms with Crippen LogP contribution in [0.3, 0.4) is 0 Å². The maximum absolute atomic E-state index is 6.08. The van der Waals surface area contributed by atoms with Crippen LogP contribution < -0.4 is 5.32 Å². The number of hydrogen-bond donors (Lipinski definition) is 1. The predicted molar refractivity (Wildman–Crippen MR) is 104 cm³/mol. The lowest BCUT2D eigenvalue weighted by Gasteiger charge is -2.26. The van der Waals surface area contributed by atoms with Crippen molar-refractivity contribution in [2.75, 3.05) is 53.0 Å². The van der Waals surface area contributed by atoms with Gasteiger partial charge in [0.25, 0.3) is 0 Å². The highest BCUT2D eigenvalue weighted by molar-refractivity contribution is 6.30. The molecule has 1 fully saturated rings. The number of aliphatic imine (C=N–C) groups is 1. The molecule has 1 N–H and O–H groups in total. The molecule has 0 aromatic carbocycles. The quantitative estimate of drug-likeness (QED) is 0.433. The van der Waals surface area contributed by atoms with Gasteiger partial charge in [-0.15, -0.1) is 0 Å². The Kier molecular flexibility index (Phi) is 8.58. The zero-order chi connectivity index (χ0) is 18.1. The Bertz CT molecular complexity index is 540. The normalized spacial score (nSPS) is 16.2. The van der Waals surface area contributed by atoms with Crippen LogP contribution >= 0.6 is 11.6 Å². The second-order valence-corrected chi connectivity index (χ2v) is 6.95. The van der Waals surface area contributed by atoms with E-state index in [-0.39, 0.29) is 0 Å². The summed E-state index contributed by atoms with van der Waals surface area (Å²) >= 11 is 6.08. The second kappa shape index (κ2) is 10.7. The van der Waals surface area contributed by atoms with Crippen molar-refractivity contribution in [2.24, 2.45) is 12.0 Å². The van der Waals surface area contributed by atoms with Gasteiger partial charge in [0.05, 0.1) is 24.8 Å². The van der Waals surface area contributed by atoms with Crippen molar-refractivity contribution in [1.82, 2.24) is 19.7 Å². The standard InChI is InChI=1S/C18H32ClN5O/c1-4-20-18(23(3)15-17-13-16(19)14-22(17)2)21-7-5-6-8-24-9-11-25-12-10-24/h13-14H,4-12,15H2,1-3H3,(H,20,21). The topological polar surface area (TPSA) is 45.0 Å². The molecule has 0 spiro atoms. The molecule has 1 aromatic heterocycles. The highest BCUT2D eigenvalue weighted by Crippen LogP contribution is 2.14. The minimum atomic E-state index is 0.774. The van der Waals surface area contributed by atoms with Crippen molar-refractivity contribution in [2.45, 2.75) is 26.3 Å². The first-order chi connectivity index (χ1) is 12.1. The van der Waals surface area contributed by atoms with E-state index in [4.69, 9.17) is 21.3 Å². The summed E-state index contributed by atoms with van der Waals surface area (Å²) in [5.74, 6) is 0.950. The molecule has 0 saturated carbocycles. The number of nitrogens with zero attached hydrogens (tertiary/aromatic N) is 4. The fraction of sp³-hybridized carbons (Fsp3) is 0.722. The van der Waals surface area contributed by atoms with Gasteiger partial charge in [-0.05, 0) is 32.4 Å². The van der Waals surface area contributed by atoms with E-state index in [2.05, 4.69) is 33.7 Å². The summed E-state index contributed by atoms with van der Waals surface area (Å²) in [5, 5.41) is 4.15. The molecule has 2 rings (SSSR count). The molecule has 0 radical (unpaired) electrons. The minimum Gasteiger partial charge on any atom is -0.379 e. The third kappa shape index (κ3) is 6.88. The van der Waals surface area contributed by atoms with E-state index >= 15 is 0 Å². The van der Waals surface area contributed by atoms with Crippen LogP contribution in [0.25, 0.3) is 0 Å². The molecule has 1 saturated heterocycles. The number of rotatable bonds is 8. The molecule has 1 aliphatic heterocycles. The Morgan fingerprint density at radius 1 is 1.36 bits per heavy atom. The zero-order valence-electron chi connectivity index (χ0n) is 15.8. The molecule has 0 amide bonds. The molecular formula is C18H32ClN5O. The summed E-state index contributed by atoms with van der Waals surface area (Å²) < 4.78 is 7.44. The number of ether oxygens (including phenoxy) is 1. The molecule has 6 nitrogen and oxygen atoms in total. The van der Waals surface area contributed by atoms with E-state index in [1.54, 1.807) is 0 Å². The van der Waals surface area contributed by atoms with Crippen LogP contribution in [0.1, 0.15) is 25.5 Å². The maximum atomic E-state index is 6.08. The van der Waals surface area contributed by atoms with Gasteiger partial charge in [-0.2, -0.15) is 0 Å². The highest BCUT2D eigenvalue weighted by atomic mass is 35.5. The van der Waals surface area contributed by atoms with E-state index in [0.29, 0.717) is 0 Å². The molecule has 25 heavy (non-hydrogen) atoms. The molecule has 0 unspecified atom stereocenters. The fourth-order valence-corrected chi connectivity index (χ4v) is 3.24.